The molecule has 3 rings (SSSR count). The lowest BCUT2D eigenvalue weighted by Gasteiger charge is -2.39. The molecule has 0 saturated carbocycles. The van der Waals surface area contributed by atoms with E-state index in [1.807, 2.05) is 19.3 Å². The molecule has 1 aromatic rings. The molecule has 2 bridgehead atoms. The second kappa shape index (κ2) is 4.86. The van der Waals surface area contributed by atoms with Crippen molar-refractivity contribution in [1.29, 1.82) is 0 Å². The molecule has 4 nitrogen and oxygen atoms in total. The average Bonchev–Trinajstić information content (AvgIpc) is 2.63. The van der Waals surface area contributed by atoms with E-state index in [-0.39, 0.29) is 6.10 Å². The topological polar surface area (TPSA) is 48.4 Å². The van der Waals surface area contributed by atoms with Gasteiger partial charge in [-0.05, 0) is 38.8 Å². The highest BCUT2D eigenvalue weighted by atomic mass is 16.3. The molecule has 2 aliphatic heterocycles. The van der Waals surface area contributed by atoms with Crippen LogP contribution in [0.25, 0.3) is 0 Å². The molecule has 2 saturated heterocycles. The Morgan fingerprint density at radius 1 is 1.39 bits per heavy atom. The van der Waals surface area contributed by atoms with Crippen LogP contribution in [-0.2, 0) is 6.54 Å². The second-order valence-corrected chi connectivity index (χ2v) is 5.43. The fourth-order valence-electron chi connectivity index (χ4n) is 3.49. The summed E-state index contributed by atoms with van der Waals surface area (Å²) in [5.41, 5.74) is 1.26. The molecule has 1 aromatic heterocycles. The number of rotatable bonds is 3. The molecule has 0 amide bonds. The van der Waals surface area contributed by atoms with Crippen molar-refractivity contribution in [1.82, 2.24) is 10.3 Å². The maximum Gasteiger partial charge on any atom is 0.133 e. The molecule has 0 radical (unpaired) electrons. The fourth-order valence-corrected chi connectivity index (χ4v) is 3.49. The number of aromatic nitrogens is 1. The van der Waals surface area contributed by atoms with Gasteiger partial charge in [0.25, 0.3) is 0 Å². The van der Waals surface area contributed by atoms with Crippen LogP contribution in [0.15, 0.2) is 18.3 Å². The molecule has 2 aliphatic rings. The number of piperidine rings is 1. The third-order valence-electron chi connectivity index (χ3n) is 4.19. The molecule has 2 atom stereocenters. The van der Waals surface area contributed by atoms with E-state index in [1.54, 1.807) is 0 Å². The molecule has 4 heteroatoms. The van der Waals surface area contributed by atoms with Gasteiger partial charge in [0.1, 0.15) is 5.82 Å². The van der Waals surface area contributed by atoms with Gasteiger partial charge in [-0.1, -0.05) is 6.07 Å². The minimum atomic E-state index is -0.116. The molecule has 2 N–H and O–H groups in total. The van der Waals surface area contributed by atoms with Crippen LogP contribution in [0.1, 0.15) is 31.2 Å². The quantitative estimate of drug-likeness (QED) is 0.845. The summed E-state index contributed by atoms with van der Waals surface area (Å²) in [7, 11) is 1.96. The number of anilines is 1. The fraction of sp³-hybridized carbons (Fsp3) is 0.643. The number of hydrogen-bond acceptors (Lipinski definition) is 4. The highest BCUT2D eigenvalue weighted by Gasteiger charge is 2.41. The third kappa shape index (κ3) is 1.99. The molecule has 3 heterocycles. The summed E-state index contributed by atoms with van der Waals surface area (Å²) in [4.78, 5) is 7.05. The summed E-state index contributed by atoms with van der Waals surface area (Å²) in [6.07, 6.45) is 5.93. The number of aliphatic hydroxyl groups is 1. The minimum Gasteiger partial charge on any atom is -0.393 e. The minimum absolute atomic E-state index is 0.116. The van der Waals surface area contributed by atoms with Crippen LogP contribution in [0, 0.1) is 0 Å². The van der Waals surface area contributed by atoms with Gasteiger partial charge in [0, 0.05) is 30.4 Å². The molecule has 0 spiro atoms. The van der Waals surface area contributed by atoms with Crippen molar-refractivity contribution in [2.45, 2.75) is 50.4 Å². The Hall–Kier alpha value is -1.13. The predicted octanol–water partition coefficient (Wildman–Crippen LogP) is 1.29. The standard InChI is InChI=1S/C14H21N3O/c1-15-9-10-3-2-6-16-14(10)17-11-4-5-12(17)8-13(18)7-11/h2-3,6,11-13,15,18H,4-5,7-9H2,1H3. The van der Waals surface area contributed by atoms with Gasteiger partial charge < -0.3 is 15.3 Å². The SMILES string of the molecule is CNCc1cccnc1N1C2CCC1CC(O)C2. The molecular weight excluding hydrogens is 226 g/mol. The van der Waals surface area contributed by atoms with E-state index in [9.17, 15) is 5.11 Å². The lowest BCUT2D eigenvalue weighted by Crippen LogP contribution is -2.45. The van der Waals surface area contributed by atoms with Crippen LogP contribution >= 0.6 is 0 Å². The van der Waals surface area contributed by atoms with Crippen LogP contribution in [0.5, 0.6) is 0 Å². The van der Waals surface area contributed by atoms with E-state index < -0.39 is 0 Å². The highest BCUT2D eigenvalue weighted by molar-refractivity contribution is 5.50. The number of aliphatic hydroxyl groups excluding tert-OH is 1. The molecule has 0 aromatic carbocycles. The smallest absolute Gasteiger partial charge is 0.133 e. The zero-order valence-corrected chi connectivity index (χ0v) is 10.8. The summed E-state index contributed by atoms with van der Waals surface area (Å²) in [5, 5.41) is 13.1. The molecule has 2 fully saturated rings. The van der Waals surface area contributed by atoms with Crippen LogP contribution in [-0.4, -0.2) is 35.3 Å². The molecule has 18 heavy (non-hydrogen) atoms. The van der Waals surface area contributed by atoms with Crippen LogP contribution in [0.4, 0.5) is 5.82 Å². The first-order valence-electron chi connectivity index (χ1n) is 6.84. The first-order chi connectivity index (χ1) is 8.79. The number of hydrogen-bond donors (Lipinski definition) is 2. The molecular formula is C14H21N3O. The van der Waals surface area contributed by atoms with Crippen molar-refractivity contribution in [3.8, 4) is 0 Å². The summed E-state index contributed by atoms with van der Waals surface area (Å²) < 4.78 is 0. The summed E-state index contributed by atoms with van der Waals surface area (Å²) in [6.45, 7) is 0.849. The average molecular weight is 247 g/mol. The third-order valence-corrected chi connectivity index (χ3v) is 4.19. The van der Waals surface area contributed by atoms with E-state index in [1.165, 1.54) is 18.4 Å². The highest BCUT2D eigenvalue weighted by Crippen LogP contribution is 2.39. The number of pyridine rings is 1. The molecule has 2 unspecified atom stereocenters. The van der Waals surface area contributed by atoms with E-state index >= 15 is 0 Å². The normalized spacial score (nSPS) is 30.8. The Bertz CT molecular complexity index is 409. The number of nitrogens with one attached hydrogen (secondary N) is 1. The molecule has 0 aliphatic carbocycles. The maximum atomic E-state index is 9.87. The van der Waals surface area contributed by atoms with E-state index in [0.717, 1.165) is 25.2 Å². The number of fused-ring (bicyclic) bond motifs is 2. The lowest BCUT2D eigenvalue weighted by atomic mass is 9.99. The van der Waals surface area contributed by atoms with Crippen molar-refractivity contribution in [2.24, 2.45) is 0 Å². The molecule has 98 valence electrons. The van der Waals surface area contributed by atoms with Gasteiger partial charge >= 0.3 is 0 Å². The van der Waals surface area contributed by atoms with Gasteiger partial charge in [0.2, 0.25) is 0 Å². The summed E-state index contributed by atoms with van der Waals surface area (Å²) >= 11 is 0. The van der Waals surface area contributed by atoms with Crippen LogP contribution in [0.2, 0.25) is 0 Å². The van der Waals surface area contributed by atoms with Gasteiger partial charge in [-0.2, -0.15) is 0 Å². The van der Waals surface area contributed by atoms with E-state index in [0.29, 0.717) is 12.1 Å². The Morgan fingerprint density at radius 3 is 2.78 bits per heavy atom. The Balaban J connectivity index is 1.91. The predicted molar refractivity (Wildman–Crippen MR) is 71.5 cm³/mol. The Labute approximate surface area is 108 Å². The van der Waals surface area contributed by atoms with Gasteiger partial charge in [0.05, 0.1) is 6.10 Å². The van der Waals surface area contributed by atoms with Gasteiger partial charge in [-0.3, -0.25) is 0 Å². The van der Waals surface area contributed by atoms with Crippen molar-refractivity contribution in [3.05, 3.63) is 23.9 Å². The van der Waals surface area contributed by atoms with Gasteiger partial charge in [-0.15, -0.1) is 0 Å². The second-order valence-electron chi connectivity index (χ2n) is 5.43. The summed E-state index contributed by atoms with van der Waals surface area (Å²) in [6, 6.07) is 5.09. The largest absolute Gasteiger partial charge is 0.393 e. The van der Waals surface area contributed by atoms with Crippen molar-refractivity contribution in [3.63, 3.8) is 0 Å². The van der Waals surface area contributed by atoms with Crippen LogP contribution < -0.4 is 10.2 Å². The van der Waals surface area contributed by atoms with Crippen LogP contribution in [0.3, 0.4) is 0 Å². The summed E-state index contributed by atoms with van der Waals surface area (Å²) in [5.74, 6) is 1.12. The van der Waals surface area contributed by atoms with Gasteiger partial charge in [0.15, 0.2) is 0 Å². The van der Waals surface area contributed by atoms with E-state index in [2.05, 4.69) is 21.3 Å². The van der Waals surface area contributed by atoms with Gasteiger partial charge in [-0.25, -0.2) is 4.98 Å². The first kappa shape index (κ1) is 11.9. The zero-order chi connectivity index (χ0) is 12.5. The Kier molecular flexibility index (Phi) is 3.22. The van der Waals surface area contributed by atoms with Crippen molar-refractivity contribution < 1.29 is 5.11 Å². The first-order valence-corrected chi connectivity index (χ1v) is 6.84. The lowest BCUT2D eigenvalue weighted by molar-refractivity contribution is 0.126. The zero-order valence-electron chi connectivity index (χ0n) is 10.8. The van der Waals surface area contributed by atoms with Crippen molar-refractivity contribution in [2.75, 3.05) is 11.9 Å². The Morgan fingerprint density at radius 2 is 2.11 bits per heavy atom. The maximum absolute atomic E-state index is 9.87. The monoisotopic (exact) mass is 247 g/mol. The van der Waals surface area contributed by atoms with E-state index in [4.69, 9.17) is 0 Å². The van der Waals surface area contributed by atoms with Crippen molar-refractivity contribution >= 4 is 5.82 Å². The number of nitrogens with zero attached hydrogens (tertiary/aromatic N) is 2.